The van der Waals surface area contributed by atoms with Crippen molar-refractivity contribution in [3.05, 3.63) is 65.2 Å². The maximum absolute atomic E-state index is 5.74. The van der Waals surface area contributed by atoms with Gasteiger partial charge in [-0.1, -0.05) is 48.6 Å². The monoisotopic (exact) mass is 270 g/mol. The van der Waals surface area contributed by atoms with Crippen molar-refractivity contribution in [3.63, 3.8) is 0 Å². The highest BCUT2D eigenvalue weighted by molar-refractivity contribution is 7.80. The summed E-state index contributed by atoms with van der Waals surface area (Å²) >= 11 is 5.07. The summed E-state index contributed by atoms with van der Waals surface area (Å²) in [6.07, 6.45) is 0.978. The van der Waals surface area contributed by atoms with Crippen molar-refractivity contribution in [2.45, 2.75) is 13.3 Å². The van der Waals surface area contributed by atoms with Crippen LogP contribution in [0.15, 0.2) is 48.5 Å². The second-order valence-electron chi connectivity index (χ2n) is 4.58. The van der Waals surface area contributed by atoms with Crippen LogP contribution >= 0.6 is 12.2 Å². The van der Waals surface area contributed by atoms with E-state index < -0.39 is 0 Å². The Bertz CT molecular complexity index is 564. The molecule has 0 amide bonds. The quantitative estimate of drug-likeness (QED) is 0.819. The lowest BCUT2D eigenvalue weighted by Gasteiger charge is -2.12. The molecule has 0 unspecified atom stereocenters. The van der Waals surface area contributed by atoms with Gasteiger partial charge in [0.15, 0.2) is 0 Å². The predicted molar refractivity (Wildman–Crippen MR) is 85.7 cm³/mol. The molecule has 0 aliphatic rings. The fourth-order valence-electron chi connectivity index (χ4n) is 2.01. The minimum Gasteiger partial charge on any atom is -0.389 e. The first-order valence-corrected chi connectivity index (χ1v) is 6.76. The first kappa shape index (κ1) is 13.6. The van der Waals surface area contributed by atoms with Crippen molar-refractivity contribution in [2.24, 2.45) is 5.73 Å². The Balaban J connectivity index is 2.03. The predicted octanol–water partition coefficient (Wildman–Crippen LogP) is 3.28. The Kier molecular flexibility index (Phi) is 4.53. The Morgan fingerprint density at radius 1 is 1.16 bits per heavy atom. The zero-order chi connectivity index (χ0) is 13.7. The molecule has 3 N–H and O–H groups in total. The first-order chi connectivity index (χ1) is 9.16. The van der Waals surface area contributed by atoms with E-state index in [1.165, 1.54) is 11.1 Å². The smallest absolute Gasteiger partial charge is 0.106 e. The van der Waals surface area contributed by atoms with E-state index in [0.29, 0.717) is 4.99 Å². The van der Waals surface area contributed by atoms with Gasteiger partial charge in [-0.2, -0.15) is 0 Å². The van der Waals surface area contributed by atoms with Gasteiger partial charge < -0.3 is 11.1 Å². The summed E-state index contributed by atoms with van der Waals surface area (Å²) in [6.45, 7) is 2.93. The maximum Gasteiger partial charge on any atom is 0.106 e. The van der Waals surface area contributed by atoms with Crippen molar-refractivity contribution >= 4 is 22.9 Å². The van der Waals surface area contributed by atoms with Gasteiger partial charge in [-0.3, -0.25) is 0 Å². The molecule has 0 bridgehead atoms. The molecular weight excluding hydrogens is 252 g/mol. The van der Waals surface area contributed by atoms with E-state index >= 15 is 0 Å². The lowest BCUT2D eigenvalue weighted by atomic mass is 10.1. The van der Waals surface area contributed by atoms with E-state index in [9.17, 15) is 0 Å². The van der Waals surface area contributed by atoms with Gasteiger partial charge in [0.05, 0.1) is 0 Å². The zero-order valence-electron chi connectivity index (χ0n) is 11.0. The van der Waals surface area contributed by atoms with Gasteiger partial charge in [0.1, 0.15) is 4.99 Å². The molecule has 0 saturated carbocycles. The Hall–Kier alpha value is -1.87. The molecule has 2 rings (SSSR count). The molecule has 0 aliphatic heterocycles. The molecule has 19 heavy (non-hydrogen) atoms. The summed E-state index contributed by atoms with van der Waals surface area (Å²) in [5, 5.41) is 3.42. The molecule has 0 fully saturated rings. The van der Waals surface area contributed by atoms with E-state index in [4.69, 9.17) is 18.0 Å². The van der Waals surface area contributed by atoms with Crippen LogP contribution in [0.25, 0.3) is 0 Å². The molecule has 2 aromatic rings. The number of benzene rings is 2. The number of thiocarbonyl (C=S) groups is 1. The molecule has 0 spiro atoms. The molecule has 0 aromatic heterocycles. The molecule has 3 heteroatoms. The van der Waals surface area contributed by atoms with Crippen LogP contribution in [0.4, 0.5) is 5.69 Å². The van der Waals surface area contributed by atoms with Crippen molar-refractivity contribution in [1.29, 1.82) is 0 Å². The van der Waals surface area contributed by atoms with Crippen LogP contribution in [0.1, 0.15) is 16.7 Å². The van der Waals surface area contributed by atoms with Crippen LogP contribution in [0.3, 0.4) is 0 Å². The number of rotatable bonds is 5. The summed E-state index contributed by atoms with van der Waals surface area (Å²) < 4.78 is 0. The molecule has 0 aliphatic carbocycles. The van der Waals surface area contributed by atoms with Gasteiger partial charge in [-0.25, -0.2) is 0 Å². The van der Waals surface area contributed by atoms with Crippen LogP contribution in [0.2, 0.25) is 0 Å². The Morgan fingerprint density at radius 2 is 1.89 bits per heavy atom. The lowest BCUT2D eigenvalue weighted by molar-refractivity contribution is 1.02. The van der Waals surface area contributed by atoms with E-state index in [2.05, 4.69) is 42.6 Å². The summed E-state index contributed by atoms with van der Waals surface area (Å²) in [7, 11) is 0. The number of aryl methyl sites for hydroxylation is 1. The largest absolute Gasteiger partial charge is 0.389 e. The third-order valence-corrected chi connectivity index (χ3v) is 3.23. The third-order valence-electron chi connectivity index (χ3n) is 3.01. The van der Waals surface area contributed by atoms with Crippen molar-refractivity contribution in [1.82, 2.24) is 0 Å². The number of nitrogens with two attached hydrogens (primary N) is 1. The van der Waals surface area contributed by atoms with Crippen LogP contribution in [0, 0.1) is 6.92 Å². The molecule has 98 valence electrons. The van der Waals surface area contributed by atoms with Crippen molar-refractivity contribution in [2.75, 3.05) is 11.9 Å². The van der Waals surface area contributed by atoms with E-state index in [-0.39, 0.29) is 0 Å². The normalized spacial score (nSPS) is 10.2. The van der Waals surface area contributed by atoms with Crippen LogP contribution in [-0.4, -0.2) is 11.5 Å². The molecule has 0 atom stereocenters. The van der Waals surface area contributed by atoms with Crippen LogP contribution in [0.5, 0.6) is 0 Å². The molecule has 0 radical (unpaired) electrons. The average molecular weight is 270 g/mol. The van der Waals surface area contributed by atoms with Gasteiger partial charge in [0, 0.05) is 17.8 Å². The zero-order valence-corrected chi connectivity index (χ0v) is 11.8. The van der Waals surface area contributed by atoms with Gasteiger partial charge in [-0.15, -0.1) is 0 Å². The fourth-order valence-corrected chi connectivity index (χ4v) is 2.18. The highest BCUT2D eigenvalue weighted by Gasteiger charge is 2.04. The summed E-state index contributed by atoms with van der Waals surface area (Å²) in [5.41, 5.74) is 10.2. The summed E-state index contributed by atoms with van der Waals surface area (Å²) in [6, 6.07) is 16.5. The highest BCUT2D eigenvalue weighted by atomic mass is 32.1. The van der Waals surface area contributed by atoms with Crippen LogP contribution in [-0.2, 0) is 6.42 Å². The number of nitrogens with one attached hydrogen (secondary N) is 1. The Labute approximate surface area is 119 Å². The molecule has 2 aromatic carbocycles. The summed E-state index contributed by atoms with van der Waals surface area (Å²) in [5.74, 6) is 0. The van der Waals surface area contributed by atoms with Gasteiger partial charge in [0.25, 0.3) is 0 Å². The fraction of sp³-hybridized carbons (Fsp3) is 0.188. The van der Waals surface area contributed by atoms with E-state index in [1.54, 1.807) is 0 Å². The summed E-state index contributed by atoms with van der Waals surface area (Å²) in [4.78, 5) is 0.433. The topological polar surface area (TPSA) is 38.0 Å². The molecule has 0 heterocycles. The molecule has 2 nitrogen and oxygen atoms in total. The third kappa shape index (κ3) is 3.80. The SMILES string of the molecule is Cc1ccc(C(N)=S)c(NCCc2ccccc2)c1. The standard InChI is InChI=1S/C16H18N2S/c1-12-7-8-14(16(17)19)15(11-12)18-10-9-13-5-3-2-4-6-13/h2-8,11,18H,9-10H2,1H3,(H2,17,19). The average Bonchev–Trinajstić information content (AvgIpc) is 2.39. The molecule has 0 saturated heterocycles. The van der Waals surface area contributed by atoms with Crippen LogP contribution < -0.4 is 11.1 Å². The van der Waals surface area contributed by atoms with E-state index in [1.807, 2.05) is 18.2 Å². The van der Waals surface area contributed by atoms with E-state index in [0.717, 1.165) is 24.2 Å². The van der Waals surface area contributed by atoms with Crippen molar-refractivity contribution in [3.8, 4) is 0 Å². The number of anilines is 1. The van der Waals surface area contributed by atoms with Gasteiger partial charge in [-0.05, 0) is 36.6 Å². The Morgan fingerprint density at radius 3 is 2.58 bits per heavy atom. The first-order valence-electron chi connectivity index (χ1n) is 6.35. The number of hydrogen-bond donors (Lipinski definition) is 2. The van der Waals surface area contributed by atoms with Gasteiger partial charge in [0.2, 0.25) is 0 Å². The van der Waals surface area contributed by atoms with Crippen molar-refractivity contribution < 1.29 is 0 Å². The molecular formula is C16H18N2S. The van der Waals surface area contributed by atoms with Gasteiger partial charge >= 0.3 is 0 Å². The second-order valence-corrected chi connectivity index (χ2v) is 5.02. The minimum absolute atomic E-state index is 0.433. The highest BCUT2D eigenvalue weighted by Crippen LogP contribution is 2.17. The number of hydrogen-bond acceptors (Lipinski definition) is 2. The maximum atomic E-state index is 5.74. The minimum atomic E-state index is 0.433. The lowest BCUT2D eigenvalue weighted by Crippen LogP contribution is -2.14. The second kappa shape index (κ2) is 6.34.